The molecule has 0 heterocycles. The number of carbonyl (C=O) groups excluding carboxylic acids is 1. The number of amides is 2. The molecule has 22 heavy (non-hydrogen) atoms. The monoisotopic (exact) mass is 324 g/mol. The second-order valence-electron chi connectivity index (χ2n) is 5.81. The van der Waals surface area contributed by atoms with E-state index in [9.17, 15) is 13.2 Å². The summed E-state index contributed by atoms with van der Waals surface area (Å²) >= 11 is 0. The van der Waals surface area contributed by atoms with E-state index < -0.39 is 16.1 Å². The van der Waals surface area contributed by atoms with Gasteiger partial charge < -0.3 is 5.32 Å². The first-order valence-electron chi connectivity index (χ1n) is 7.93. The van der Waals surface area contributed by atoms with Gasteiger partial charge in [-0.3, -0.25) is 0 Å². The third-order valence-corrected chi connectivity index (χ3v) is 5.29. The van der Waals surface area contributed by atoms with Crippen molar-refractivity contribution >= 4 is 16.1 Å². The van der Waals surface area contributed by atoms with Gasteiger partial charge in [0.25, 0.3) is 10.0 Å². The van der Waals surface area contributed by atoms with Crippen LogP contribution in [0.5, 0.6) is 0 Å². The number of carbonyl (C=O) groups is 1. The number of urea groups is 1. The Morgan fingerprint density at radius 1 is 1.14 bits per heavy atom. The van der Waals surface area contributed by atoms with Crippen molar-refractivity contribution in [3.63, 3.8) is 0 Å². The highest BCUT2D eigenvalue weighted by molar-refractivity contribution is 7.90. The van der Waals surface area contributed by atoms with Crippen molar-refractivity contribution in [1.29, 1.82) is 0 Å². The predicted octanol–water partition coefficient (Wildman–Crippen LogP) is 2.96. The van der Waals surface area contributed by atoms with E-state index in [1.807, 2.05) is 0 Å². The first kappa shape index (κ1) is 16.8. The van der Waals surface area contributed by atoms with Crippen LogP contribution in [0.2, 0.25) is 0 Å². The van der Waals surface area contributed by atoms with Crippen molar-refractivity contribution in [3.05, 3.63) is 29.8 Å². The largest absolute Gasteiger partial charge is 0.335 e. The summed E-state index contributed by atoms with van der Waals surface area (Å²) in [4.78, 5) is 12.0. The van der Waals surface area contributed by atoms with Crippen LogP contribution < -0.4 is 10.0 Å². The highest BCUT2D eigenvalue weighted by Crippen LogP contribution is 2.17. The Balaban J connectivity index is 1.95. The summed E-state index contributed by atoms with van der Waals surface area (Å²) in [5.74, 6) is 0. The first-order valence-corrected chi connectivity index (χ1v) is 9.42. The molecule has 2 amide bonds. The van der Waals surface area contributed by atoms with Crippen molar-refractivity contribution < 1.29 is 13.2 Å². The number of sulfonamides is 1. The zero-order chi connectivity index (χ0) is 16.0. The van der Waals surface area contributed by atoms with E-state index in [2.05, 4.69) is 17.0 Å². The Labute approximate surface area is 132 Å². The third kappa shape index (κ3) is 4.73. The van der Waals surface area contributed by atoms with Gasteiger partial charge in [0.2, 0.25) is 0 Å². The van der Waals surface area contributed by atoms with Crippen molar-refractivity contribution in [2.75, 3.05) is 0 Å². The molecule has 1 aliphatic carbocycles. The number of hydrogen-bond donors (Lipinski definition) is 2. The molecule has 1 fully saturated rings. The van der Waals surface area contributed by atoms with Crippen LogP contribution >= 0.6 is 0 Å². The van der Waals surface area contributed by atoms with Gasteiger partial charge in [0, 0.05) is 6.04 Å². The van der Waals surface area contributed by atoms with Gasteiger partial charge in [-0.1, -0.05) is 44.7 Å². The Morgan fingerprint density at radius 3 is 2.36 bits per heavy atom. The smallest absolute Gasteiger partial charge is 0.328 e. The Morgan fingerprint density at radius 2 is 1.77 bits per heavy atom. The van der Waals surface area contributed by atoms with E-state index in [-0.39, 0.29) is 10.9 Å². The predicted molar refractivity (Wildman–Crippen MR) is 86.2 cm³/mol. The molecule has 0 aliphatic heterocycles. The standard InChI is InChI=1S/C16H24N2O3S/c1-2-6-13-9-11-15(12-10-13)22(20,21)18-16(19)17-14-7-4-3-5-8-14/h9-12,14H,2-8H2,1H3,(H2,17,18,19). The van der Waals surface area contributed by atoms with E-state index in [0.29, 0.717) is 0 Å². The highest BCUT2D eigenvalue weighted by atomic mass is 32.2. The fraction of sp³-hybridized carbons (Fsp3) is 0.562. The molecule has 0 spiro atoms. The number of rotatable bonds is 5. The van der Waals surface area contributed by atoms with Crippen molar-refractivity contribution in [1.82, 2.24) is 10.0 Å². The molecular formula is C16H24N2O3S. The Bertz CT molecular complexity index is 590. The lowest BCUT2D eigenvalue weighted by Crippen LogP contribution is -2.45. The quantitative estimate of drug-likeness (QED) is 0.874. The van der Waals surface area contributed by atoms with Crippen molar-refractivity contribution in [3.8, 4) is 0 Å². The van der Waals surface area contributed by atoms with Crippen LogP contribution in [0.3, 0.4) is 0 Å². The topological polar surface area (TPSA) is 75.3 Å². The maximum Gasteiger partial charge on any atom is 0.328 e. The lowest BCUT2D eigenvalue weighted by molar-refractivity contribution is 0.237. The van der Waals surface area contributed by atoms with E-state index in [1.54, 1.807) is 24.3 Å². The fourth-order valence-corrected chi connectivity index (χ4v) is 3.68. The molecule has 1 aromatic carbocycles. The molecular weight excluding hydrogens is 300 g/mol. The molecule has 0 radical (unpaired) electrons. The van der Waals surface area contributed by atoms with E-state index in [4.69, 9.17) is 0 Å². The number of hydrogen-bond acceptors (Lipinski definition) is 3. The highest BCUT2D eigenvalue weighted by Gasteiger charge is 2.20. The SMILES string of the molecule is CCCc1ccc(S(=O)(=O)NC(=O)NC2CCCCC2)cc1. The van der Waals surface area contributed by atoms with Crippen molar-refractivity contribution in [2.24, 2.45) is 0 Å². The number of aryl methyl sites for hydroxylation is 1. The summed E-state index contributed by atoms with van der Waals surface area (Å²) in [5, 5.41) is 2.75. The zero-order valence-electron chi connectivity index (χ0n) is 13.0. The summed E-state index contributed by atoms with van der Waals surface area (Å²) in [5.41, 5.74) is 1.09. The van der Waals surface area contributed by atoms with Crippen LogP contribution in [0.25, 0.3) is 0 Å². The van der Waals surface area contributed by atoms with Gasteiger partial charge in [-0.2, -0.15) is 0 Å². The van der Waals surface area contributed by atoms with Crippen LogP contribution in [0.15, 0.2) is 29.2 Å². The number of nitrogens with one attached hydrogen (secondary N) is 2. The molecule has 0 saturated heterocycles. The molecule has 0 aromatic heterocycles. The molecule has 0 atom stereocenters. The van der Waals surface area contributed by atoms with Crippen LogP contribution in [-0.4, -0.2) is 20.5 Å². The molecule has 122 valence electrons. The molecule has 0 unspecified atom stereocenters. The molecule has 1 aromatic rings. The minimum absolute atomic E-state index is 0.0795. The molecule has 5 nitrogen and oxygen atoms in total. The van der Waals surface area contributed by atoms with Crippen LogP contribution in [-0.2, 0) is 16.4 Å². The maximum absolute atomic E-state index is 12.2. The van der Waals surface area contributed by atoms with Crippen molar-refractivity contribution in [2.45, 2.75) is 62.8 Å². The van der Waals surface area contributed by atoms with E-state index >= 15 is 0 Å². The van der Waals surface area contributed by atoms with E-state index in [1.165, 1.54) is 6.42 Å². The molecule has 1 aliphatic rings. The third-order valence-electron chi connectivity index (χ3n) is 3.94. The average Bonchev–Trinajstić information content (AvgIpc) is 2.48. The number of benzene rings is 1. The van der Waals surface area contributed by atoms with Crippen LogP contribution in [0.1, 0.15) is 51.0 Å². The lowest BCUT2D eigenvalue weighted by atomic mass is 9.96. The van der Waals surface area contributed by atoms with Gasteiger partial charge in [0.1, 0.15) is 0 Å². The summed E-state index contributed by atoms with van der Waals surface area (Å²) in [6.45, 7) is 2.07. The van der Waals surface area contributed by atoms with Gasteiger partial charge in [-0.05, 0) is 37.0 Å². The molecule has 2 rings (SSSR count). The summed E-state index contributed by atoms with van der Waals surface area (Å²) < 4.78 is 26.5. The van der Waals surface area contributed by atoms with Crippen LogP contribution in [0, 0.1) is 0 Å². The van der Waals surface area contributed by atoms with Gasteiger partial charge in [0.15, 0.2) is 0 Å². The molecule has 2 N–H and O–H groups in total. The summed E-state index contributed by atoms with van der Waals surface area (Å²) in [6, 6.07) is 6.11. The molecule has 0 bridgehead atoms. The maximum atomic E-state index is 12.2. The minimum atomic E-state index is -3.80. The summed E-state index contributed by atoms with van der Waals surface area (Å²) in [6.07, 6.45) is 7.10. The van der Waals surface area contributed by atoms with Crippen LogP contribution in [0.4, 0.5) is 4.79 Å². The van der Waals surface area contributed by atoms with Gasteiger partial charge >= 0.3 is 6.03 Å². The Hall–Kier alpha value is -1.56. The second kappa shape index (κ2) is 7.63. The Kier molecular flexibility index (Phi) is 5.83. The molecule has 6 heteroatoms. The fourth-order valence-electron chi connectivity index (χ4n) is 2.77. The molecule has 1 saturated carbocycles. The second-order valence-corrected chi connectivity index (χ2v) is 7.49. The average molecular weight is 324 g/mol. The van der Waals surface area contributed by atoms with E-state index in [0.717, 1.165) is 44.1 Å². The van der Waals surface area contributed by atoms with Gasteiger partial charge in [-0.15, -0.1) is 0 Å². The summed E-state index contributed by atoms with van der Waals surface area (Å²) in [7, 11) is -3.80. The zero-order valence-corrected chi connectivity index (χ0v) is 13.8. The lowest BCUT2D eigenvalue weighted by Gasteiger charge is -2.22. The van der Waals surface area contributed by atoms with Gasteiger partial charge in [-0.25, -0.2) is 17.9 Å². The minimum Gasteiger partial charge on any atom is -0.335 e. The van der Waals surface area contributed by atoms with Gasteiger partial charge in [0.05, 0.1) is 4.90 Å². The normalized spacial score (nSPS) is 16.2. The first-order chi connectivity index (χ1) is 10.5.